The second kappa shape index (κ2) is 8.73. The molecule has 6 nitrogen and oxygen atoms in total. The molecular formula is C18H24N2O4S. The van der Waals surface area contributed by atoms with Crippen molar-refractivity contribution in [2.24, 2.45) is 0 Å². The van der Waals surface area contributed by atoms with Gasteiger partial charge < -0.3 is 15.2 Å². The summed E-state index contributed by atoms with van der Waals surface area (Å²) in [4.78, 5) is 0.170. The fourth-order valence-corrected chi connectivity index (χ4v) is 3.18. The first-order valence-corrected chi connectivity index (χ1v) is 9.59. The Kier molecular flexibility index (Phi) is 6.66. The molecule has 7 heteroatoms. The Morgan fingerprint density at radius 3 is 2.48 bits per heavy atom. The Balaban J connectivity index is 2.14. The van der Waals surface area contributed by atoms with Gasteiger partial charge in [-0.05, 0) is 36.8 Å². The Labute approximate surface area is 149 Å². The molecule has 0 saturated heterocycles. The lowest BCUT2D eigenvalue weighted by Crippen LogP contribution is -2.23. The van der Waals surface area contributed by atoms with Crippen molar-refractivity contribution < 1.29 is 17.9 Å². The Hall–Kier alpha value is -2.25. The molecule has 2 aromatic carbocycles. The van der Waals surface area contributed by atoms with Crippen molar-refractivity contribution in [1.29, 1.82) is 0 Å². The summed E-state index contributed by atoms with van der Waals surface area (Å²) < 4.78 is 38.4. The van der Waals surface area contributed by atoms with Gasteiger partial charge in [0.25, 0.3) is 0 Å². The Bertz CT molecular complexity index is 789. The molecule has 0 amide bonds. The molecule has 0 aliphatic heterocycles. The van der Waals surface area contributed by atoms with Gasteiger partial charge in [0.1, 0.15) is 11.5 Å². The van der Waals surface area contributed by atoms with Crippen molar-refractivity contribution in [3.63, 3.8) is 0 Å². The van der Waals surface area contributed by atoms with Gasteiger partial charge in [-0.25, -0.2) is 13.1 Å². The van der Waals surface area contributed by atoms with Crippen LogP contribution >= 0.6 is 0 Å². The molecule has 0 radical (unpaired) electrons. The van der Waals surface area contributed by atoms with E-state index in [0.717, 1.165) is 18.4 Å². The molecule has 136 valence electrons. The molecule has 2 aromatic rings. The third-order valence-electron chi connectivity index (χ3n) is 3.67. The average Bonchev–Trinajstić information content (AvgIpc) is 2.61. The molecule has 0 heterocycles. The molecule has 3 N–H and O–H groups in total. The zero-order chi connectivity index (χ0) is 18.3. The van der Waals surface area contributed by atoms with Crippen molar-refractivity contribution >= 4 is 15.7 Å². The number of anilines is 1. The number of rotatable bonds is 9. The van der Waals surface area contributed by atoms with Gasteiger partial charge in [0.15, 0.2) is 0 Å². The molecular weight excluding hydrogens is 340 g/mol. The lowest BCUT2D eigenvalue weighted by molar-refractivity contribution is 0.303. The van der Waals surface area contributed by atoms with E-state index in [1.54, 1.807) is 37.4 Å². The summed E-state index contributed by atoms with van der Waals surface area (Å²) in [5, 5.41) is 0. The summed E-state index contributed by atoms with van der Waals surface area (Å²) in [6, 6.07) is 11.4. The maximum Gasteiger partial charge on any atom is 0.240 e. The molecule has 0 fully saturated rings. The summed E-state index contributed by atoms with van der Waals surface area (Å²) >= 11 is 0. The van der Waals surface area contributed by atoms with Crippen LogP contribution in [0.5, 0.6) is 11.5 Å². The topological polar surface area (TPSA) is 90.6 Å². The molecule has 0 aliphatic carbocycles. The molecule has 2 rings (SSSR count). The largest absolute Gasteiger partial charge is 0.497 e. The molecule has 0 spiro atoms. The Morgan fingerprint density at radius 2 is 1.84 bits per heavy atom. The zero-order valence-corrected chi connectivity index (χ0v) is 15.3. The van der Waals surface area contributed by atoms with Crippen LogP contribution in [0.1, 0.15) is 25.3 Å². The van der Waals surface area contributed by atoms with Gasteiger partial charge in [0, 0.05) is 23.9 Å². The summed E-state index contributed by atoms with van der Waals surface area (Å²) in [6.07, 6.45) is 1.94. The maximum atomic E-state index is 12.4. The molecule has 0 aliphatic rings. The first-order valence-electron chi connectivity index (χ1n) is 8.11. The van der Waals surface area contributed by atoms with Gasteiger partial charge in [-0.1, -0.05) is 19.4 Å². The number of benzene rings is 2. The van der Waals surface area contributed by atoms with E-state index in [2.05, 4.69) is 11.6 Å². The van der Waals surface area contributed by atoms with Crippen LogP contribution in [0.15, 0.2) is 47.4 Å². The minimum absolute atomic E-state index is 0.123. The van der Waals surface area contributed by atoms with Crippen LogP contribution in [0.3, 0.4) is 0 Å². The highest BCUT2D eigenvalue weighted by atomic mass is 32.2. The van der Waals surface area contributed by atoms with E-state index in [9.17, 15) is 8.42 Å². The molecule has 0 bridgehead atoms. The van der Waals surface area contributed by atoms with Crippen molar-refractivity contribution in [2.75, 3.05) is 19.5 Å². The number of ether oxygens (including phenoxy) is 2. The quantitative estimate of drug-likeness (QED) is 0.527. The SMILES string of the molecule is CCCCOc1cc(OC)ccc1CNS(=O)(=O)c1ccc(N)cc1. The molecule has 25 heavy (non-hydrogen) atoms. The van der Waals surface area contributed by atoms with Gasteiger partial charge in [0.2, 0.25) is 10.0 Å². The maximum absolute atomic E-state index is 12.4. The highest BCUT2D eigenvalue weighted by molar-refractivity contribution is 7.89. The van der Waals surface area contributed by atoms with Gasteiger partial charge in [-0.15, -0.1) is 0 Å². The first kappa shape index (κ1) is 19.1. The van der Waals surface area contributed by atoms with Crippen LogP contribution in [0.2, 0.25) is 0 Å². The van der Waals surface area contributed by atoms with Gasteiger partial charge in [-0.2, -0.15) is 0 Å². The predicted molar refractivity (Wildman–Crippen MR) is 98.3 cm³/mol. The van der Waals surface area contributed by atoms with Crippen LogP contribution in [0, 0.1) is 0 Å². The van der Waals surface area contributed by atoms with Crippen LogP contribution < -0.4 is 19.9 Å². The van der Waals surface area contributed by atoms with E-state index in [1.807, 2.05) is 0 Å². The highest BCUT2D eigenvalue weighted by Crippen LogP contribution is 2.25. The zero-order valence-electron chi connectivity index (χ0n) is 14.5. The van der Waals surface area contributed by atoms with E-state index in [0.29, 0.717) is 23.8 Å². The summed E-state index contributed by atoms with van der Waals surface area (Å²) in [6.45, 7) is 2.77. The lowest BCUT2D eigenvalue weighted by Gasteiger charge is -2.14. The van der Waals surface area contributed by atoms with E-state index in [-0.39, 0.29) is 11.4 Å². The van der Waals surface area contributed by atoms with Crippen molar-refractivity contribution in [2.45, 2.75) is 31.2 Å². The highest BCUT2D eigenvalue weighted by Gasteiger charge is 2.15. The Morgan fingerprint density at radius 1 is 1.12 bits per heavy atom. The van der Waals surface area contributed by atoms with E-state index < -0.39 is 10.0 Å². The number of hydrogen-bond acceptors (Lipinski definition) is 5. The van der Waals surface area contributed by atoms with Crippen molar-refractivity contribution in [3.8, 4) is 11.5 Å². The minimum Gasteiger partial charge on any atom is -0.497 e. The summed E-state index contributed by atoms with van der Waals surface area (Å²) in [7, 11) is -2.05. The normalized spacial score (nSPS) is 11.3. The molecule has 0 saturated carbocycles. The molecule has 0 atom stereocenters. The van der Waals surface area contributed by atoms with E-state index in [4.69, 9.17) is 15.2 Å². The van der Waals surface area contributed by atoms with Gasteiger partial charge in [-0.3, -0.25) is 0 Å². The van der Waals surface area contributed by atoms with Crippen LogP contribution in [0.4, 0.5) is 5.69 Å². The number of sulfonamides is 1. The number of nitrogens with one attached hydrogen (secondary N) is 1. The monoisotopic (exact) mass is 364 g/mol. The van der Waals surface area contributed by atoms with E-state index in [1.165, 1.54) is 12.1 Å². The second-order valence-electron chi connectivity index (χ2n) is 5.57. The van der Waals surface area contributed by atoms with Gasteiger partial charge in [0.05, 0.1) is 18.6 Å². The molecule has 0 aromatic heterocycles. The average molecular weight is 364 g/mol. The minimum atomic E-state index is -3.63. The predicted octanol–water partition coefficient (Wildman–Crippen LogP) is 2.93. The number of hydrogen-bond donors (Lipinski definition) is 2. The van der Waals surface area contributed by atoms with E-state index >= 15 is 0 Å². The molecule has 0 unspecified atom stereocenters. The first-order chi connectivity index (χ1) is 12.0. The smallest absolute Gasteiger partial charge is 0.240 e. The number of methoxy groups -OCH3 is 1. The van der Waals surface area contributed by atoms with Gasteiger partial charge >= 0.3 is 0 Å². The third kappa shape index (κ3) is 5.37. The fraction of sp³-hybridized carbons (Fsp3) is 0.333. The number of nitrogen functional groups attached to an aromatic ring is 1. The number of nitrogens with two attached hydrogens (primary N) is 1. The van der Waals surface area contributed by atoms with Crippen LogP contribution in [-0.2, 0) is 16.6 Å². The fourth-order valence-electron chi connectivity index (χ4n) is 2.17. The third-order valence-corrected chi connectivity index (χ3v) is 5.09. The van der Waals surface area contributed by atoms with Crippen molar-refractivity contribution in [3.05, 3.63) is 48.0 Å². The second-order valence-corrected chi connectivity index (χ2v) is 7.34. The van der Waals surface area contributed by atoms with Crippen molar-refractivity contribution in [1.82, 2.24) is 4.72 Å². The summed E-state index contributed by atoms with van der Waals surface area (Å²) in [5.41, 5.74) is 6.86. The summed E-state index contributed by atoms with van der Waals surface area (Å²) in [5.74, 6) is 1.28. The standard InChI is InChI=1S/C18H24N2O4S/c1-3-4-11-24-18-12-16(23-2)8-5-14(18)13-20-25(21,22)17-9-6-15(19)7-10-17/h5-10,12,20H,3-4,11,13,19H2,1-2H3. The number of unbranched alkanes of at least 4 members (excludes halogenated alkanes) is 1. The van der Waals surface area contributed by atoms with Crippen LogP contribution in [-0.4, -0.2) is 22.1 Å². The lowest BCUT2D eigenvalue weighted by atomic mass is 10.2. The van der Waals surface area contributed by atoms with Crippen LogP contribution in [0.25, 0.3) is 0 Å².